The number of hydrogen-bond donors (Lipinski definition) is 1. The van der Waals surface area contributed by atoms with Crippen molar-refractivity contribution in [1.29, 1.82) is 0 Å². The molecular formula is C21H17N3O. The van der Waals surface area contributed by atoms with Gasteiger partial charge in [-0.05, 0) is 29.8 Å². The van der Waals surface area contributed by atoms with Gasteiger partial charge in [0.2, 0.25) is 5.91 Å². The number of rotatable bonds is 4. The average Bonchev–Trinajstić information content (AvgIpc) is 3.02. The van der Waals surface area contributed by atoms with Gasteiger partial charge >= 0.3 is 0 Å². The molecule has 122 valence electrons. The van der Waals surface area contributed by atoms with Crippen molar-refractivity contribution in [2.75, 3.05) is 5.32 Å². The Kier molecular flexibility index (Phi) is 4.01. The maximum absolute atomic E-state index is 12.6. The Labute approximate surface area is 145 Å². The smallest absolute Gasteiger partial charge is 0.244 e. The van der Waals surface area contributed by atoms with Crippen LogP contribution in [0, 0.1) is 0 Å². The lowest BCUT2D eigenvalue weighted by Gasteiger charge is -2.11. The quantitative estimate of drug-likeness (QED) is 0.606. The predicted octanol–water partition coefficient (Wildman–Crippen LogP) is 4.34. The third kappa shape index (κ3) is 3.15. The zero-order valence-electron chi connectivity index (χ0n) is 13.6. The highest BCUT2D eigenvalue weighted by Gasteiger charge is 2.13. The van der Waals surface area contributed by atoms with Crippen LogP contribution in [0.25, 0.3) is 22.2 Å². The minimum Gasteiger partial charge on any atom is -0.331 e. The van der Waals surface area contributed by atoms with Crippen molar-refractivity contribution in [1.82, 2.24) is 9.55 Å². The number of anilines is 1. The second-order valence-corrected chi connectivity index (χ2v) is 5.82. The monoisotopic (exact) mass is 327 g/mol. The van der Waals surface area contributed by atoms with Gasteiger partial charge in [0.1, 0.15) is 6.54 Å². The molecule has 2 aromatic carbocycles. The summed E-state index contributed by atoms with van der Waals surface area (Å²) >= 11 is 0. The summed E-state index contributed by atoms with van der Waals surface area (Å²) in [4.78, 5) is 16.5. The number of carbonyl (C=O) groups is 1. The van der Waals surface area contributed by atoms with E-state index in [0.29, 0.717) is 0 Å². The van der Waals surface area contributed by atoms with Crippen LogP contribution >= 0.6 is 0 Å². The van der Waals surface area contributed by atoms with Gasteiger partial charge < -0.3 is 9.88 Å². The van der Waals surface area contributed by atoms with Gasteiger partial charge in [-0.1, -0.05) is 48.5 Å². The molecule has 1 N–H and O–H groups in total. The highest BCUT2D eigenvalue weighted by Crippen LogP contribution is 2.28. The lowest BCUT2D eigenvalue weighted by molar-refractivity contribution is -0.116. The molecule has 0 unspecified atom stereocenters. The van der Waals surface area contributed by atoms with Crippen LogP contribution in [0.15, 0.2) is 85.2 Å². The van der Waals surface area contributed by atoms with Gasteiger partial charge in [-0.2, -0.15) is 0 Å². The summed E-state index contributed by atoms with van der Waals surface area (Å²) in [7, 11) is 0. The molecule has 1 amide bonds. The van der Waals surface area contributed by atoms with Crippen LogP contribution in [0.4, 0.5) is 5.69 Å². The van der Waals surface area contributed by atoms with E-state index in [1.165, 1.54) is 0 Å². The molecule has 0 aliphatic carbocycles. The van der Waals surface area contributed by atoms with Crippen molar-refractivity contribution in [3.63, 3.8) is 0 Å². The molecule has 0 spiro atoms. The van der Waals surface area contributed by atoms with E-state index in [2.05, 4.69) is 39.1 Å². The Balaban J connectivity index is 1.71. The normalized spacial score (nSPS) is 10.7. The van der Waals surface area contributed by atoms with Gasteiger partial charge in [0.25, 0.3) is 0 Å². The number of aromatic nitrogens is 2. The Hall–Kier alpha value is -3.40. The minimum atomic E-state index is -0.0651. The fraction of sp³-hybridized carbons (Fsp3) is 0.0476. The van der Waals surface area contributed by atoms with E-state index in [-0.39, 0.29) is 12.5 Å². The Morgan fingerprint density at radius 3 is 2.44 bits per heavy atom. The van der Waals surface area contributed by atoms with E-state index >= 15 is 0 Å². The minimum absolute atomic E-state index is 0.0651. The number of hydrogen-bond acceptors (Lipinski definition) is 2. The second-order valence-electron chi connectivity index (χ2n) is 5.82. The summed E-state index contributed by atoms with van der Waals surface area (Å²) in [5, 5.41) is 4.05. The van der Waals surface area contributed by atoms with Crippen LogP contribution in [0.1, 0.15) is 0 Å². The molecule has 0 saturated heterocycles. The van der Waals surface area contributed by atoms with Crippen LogP contribution in [0.5, 0.6) is 0 Å². The first kappa shape index (κ1) is 15.1. The molecule has 0 radical (unpaired) electrons. The number of fused-ring (bicyclic) bond motifs is 1. The highest BCUT2D eigenvalue weighted by molar-refractivity contribution is 5.94. The first-order valence-corrected chi connectivity index (χ1v) is 8.15. The van der Waals surface area contributed by atoms with Crippen LogP contribution in [-0.4, -0.2) is 15.5 Å². The molecule has 4 heteroatoms. The van der Waals surface area contributed by atoms with Crippen LogP contribution < -0.4 is 5.32 Å². The van der Waals surface area contributed by atoms with Crippen molar-refractivity contribution < 1.29 is 4.79 Å². The molecule has 2 heterocycles. The summed E-state index contributed by atoms with van der Waals surface area (Å²) in [6, 6.07) is 23.9. The second kappa shape index (κ2) is 6.61. The first-order chi connectivity index (χ1) is 12.3. The molecule has 0 saturated carbocycles. The highest BCUT2D eigenvalue weighted by atomic mass is 16.1. The molecule has 0 bridgehead atoms. The van der Waals surface area contributed by atoms with Crippen molar-refractivity contribution >= 4 is 22.5 Å². The van der Waals surface area contributed by atoms with E-state index < -0.39 is 0 Å². The van der Waals surface area contributed by atoms with Gasteiger partial charge in [0, 0.05) is 34.7 Å². The summed E-state index contributed by atoms with van der Waals surface area (Å²) in [5.74, 6) is -0.0651. The lowest BCUT2D eigenvalue weighted by Crippen LogP contribution is -2.19. The number of nitrogens with zero attached hydrogens (tertiary/aromatic N) is 2. The Morgan fingerprint density at radius 1 is 0.920 bits per heavy atom. The fourth-order valence-corrected chi connectivity index (χ4v) is 3.01. The molecule has 0 aliphatic rings. The number of benzene rings is 2. The number of nitrogens with one attached hydrogen (secondary N) is 1. The molecule has 4 aromatic rings. The van der Waals surface area contributed by atoms with Gasteiger partial charge in [0.15, 0.2) is 0 Å². The zero-order chi connectivity index (χ0) is 17.1. The standard InChI is InChI=1S/C21H17N3O/c25-21(23-18-10-12-22-13-11-18)15-24-19-9-5-4-8-17(19)14-20(24)16-6-2-1-3-7-16/h1-14H,15H2,(H,22,23,25). The predicted molar refractivity (Wildman–Crippen MR) is 100 cm³/mol. The molecule has 4 rings (SSSR count). The van der Waals surface area contributed by atoms with Gasteiger partial charge in [-0.25, -0.2) is 0 Å². The summed E-state index contributed by atoms with van der Waals surface area (Å²) in [6.45, 7) is 0.250. The Morgan fingerprint density at radius 2 is 1.64 bits per heavy atom. The van der Waals surface area contributed by atoms with Crippen LogP contribution in [0.2, 0.25) is 0 Å². The third-order valence-corrected chi connectivity index (χ3v) is 4.15. The van der Waals surface area contributed by atoms with Crippen molar-refractivity contribution in [2.24, 2.45) is 0 Å². The van der Waals surface area contributed by atoms with Gasteiger partial charge in [0.05, 0.1) is 0 Å². The summed E-state index contributed by atoms with van der Waals surface area (Å²) < 4.78 is 2.06. The third-order valence-electron chi connectivity index (χ3n) is 4.15. The first-order valence-electron chi connectivity index (χ1n) is 8.15. The Bertz CT molecular complexity index is 1010. The van der Waals surface area contributed by atoms with Crippen molar-refractivity contribution in [3.8, 4) is 11.3 Å². The van der Waals surface area contributed by atoms with E-state index in [1.54, 1.807) is 24.5 Å². The number of carbonyl (C=O) groups excluding carboxylic acids is 1. The summed E-state index contributed by atoms with van der Waals surface area (Å²) in [6.07, 6.45) is 3.33. The molecule has 2 aromatic heterocycles. The fourth-order valence-electron chi connectivity index (χ4n) is 3.01. The topological polar surface area (TPSA) is 46.9 Å². The van der Waals surface area contributed by atoms with Crippen molar-refractivity contribution in [2.45, 2.75) is 6.54 Å². The van der Waals surface area contributed by atoms with Crippen LogP contribution in [-0.2, 0) is 11.3 Å². The van der Waals surface area contributed by atoms with E-state index in [0.717, 1.165) is 27.8 Å². The largest absolute Gasteiger partial charge is 0.331 e. The molecule has 0 aliphatic heterocycles. The SMILES string of the molecule is O=C(Cn1c(-c2ccccc2)cc2ccccc21)Nc1ccncc1. The molecule has 0 atom stereocenters. The van der Waals surface area contributed by atoms with E-state index in [4.69, 9.17) is 0 Å². The average molecular weight is 327 g/mol. The maximum Gasteiger partial charge on any atom is 0.244 e. The van der Waals surface area contributed by atoms with E-state index in [1.807, 2.05) is 36.4 Å². The van der Waals surface area contributed by atoms with Crippen molar-refractivity contribution in [3.05, 3.63) is 85.2 Å². The number of amides is 1. The molecule has 0 fully saturated rings. The number of para-hydroxylation sites is 1. The molecule has 4 nitrogen and oxygen atoms in total. The van der Waals surface area contributed by atoms with Gasteiger partial charge in [-0.3, -0.25) is 9.78 Å². The van der Waals surface area contributed by atoms with E-state index in [9.17, 15) is 4.79 Å². The molecular weight excluding hydrogens is 310 g/mol. The lowest BCUT2D eigenvalue weighted by atomic mass is 10.1. The number of pyridine rings is 1. The zero-order valence-corrected chi connectivity index (χ0v) is 13.6. The van der Waals surface area contributed by atoms with Gasteiger partial charge in [-0.15, -0.1) is 0 Å². The maximum atomic E-state index is 12.6. The summed E-state index contributed by atoms with van der Waals surface area (Å²) in [5.41, 5.74) is 3.92. The van der Waals surface area contributed by atoms with Crippen LogP contribution in [0.3, 0.4) is 0 Å². The molecule has 25 heavy (non-hydrogen) atoms.